The molecule has 6 nitrogen and oxygen atoms in total. The van der Waals surface area contributed by atoms with Gasteiger partial charge in [0.05, 0.1) is 13.2 Å². The summed E-state index contributed by atoms with van der Waals surface area (Å²) in [4.78, 5) is 24.6. The second kappa shape index (κ2) is 9.96. The summed E-state index contributed by atoms with van der Waals surface area (Å²) in [5.41, 5.74) is 2.23. The van der Waals surface area contributed by atoms with Crippen LogP contribution in [-0.4, -0.2) is 30.3 Å². The second-order valence-corrected chi connectivity index (χ2v) is 7.07. The highest BCUT2D eigenvalue weighted by atomic mass is 16.5. The number of carbonyl (C=O) groups excluding carboxylic acids is 2. The van der Waals surface area contributed by atoms with Crippen LogP contribution in [0.3, 0.4) is 0 Å². The fourth-order valence-electron chi connectivity index (χ4n) is 3.27. The van der Waals surface area contributed by atoms with Crippen molar-refractivity contribution in [1.29, 1.82) is 0 Å². The van der Waals surface area contributed by atoms with Crippen molar-refractivity contribution in [3.63, 3.8) is 0 Å². The Hall–Kier alpha value is -3.28. The molecule has 0 aromatic heterocycles. The number of ether oxygens (including phenoxy) is 3. The average molecular weight is 410 g/mol. The molecule has 0 spiro atoms. The molecule has 1 aliphatic rings. The van der Waals surface area contributed by atoms with Crippen LogP contribution in [0.25, 0.3) is 6.08 Å². The smallest absolute Gasteiger partial charge is 0.330 e. The van der Waals surface area contributed by atoms with Crippen molar-refractivity contribution < 1.29 is 28.9 Å². The van der Waals surface area contributed by atoms with Gasteiger partial charge < -0.3 is 19.3 Å². The molecular weight excluding hydrogens is 384 g/mol. The number of hydrogen-bond acceptors (Lipinski definition) is 6. The summed E-state index contributed by atoms with van der Waals surface area (Å²) in [6.07, 6.45) is 3.95. The highest BCUT2D eigenvalue weighted by Crippen LogP contribution is 2.47. The monoisotopic (exact) mass is 410 g/mol. The molecule has 0 aliphatic carbocycles. The van der Waals surface area contributed by atoms with Crippen LogP contribution >= 0.6 is 0 Å². The van der Waals surface area contributed by atoms with Crippen LogP contribution < -0.4 is 4.74 Å². The zero-order chi connectivity index (χ0) is 21.5. The van der Waals surface area contributed by atoms with Crippen LogP contribution in [0.4, 0.5) is 0 Å². The normalized spacial score (nSPS) is 17.4. The van der Waals surface area contributed by atoms with Crippen LogP contribution in [0, 0.1) is 0 Å². The van der Waals surface area contributed by atoms with E-state index >= 15 is 0 Å². The lowest BCUT2D eigenvalue weighted by Gasteiger charge is -2.18. The molecule has 0 radical (unpaired) electrons. The van der Waals surface area contributed by atoms with Gasteiger partial charge in [-0.2, -0.15) is 0 Å². The van der Waals surface area contributed by atoms with Crippen molar-refractivity contribution in [2.24, 2.45) is 0 Å². The molecule has 1 N–H and O–H groups in total. The van der Waals surface area contributed by atoms with Crippen molar-refractivity contribution in [3.05, 3.63) is 65.2 Å². The van der Waals surface area contributed by atoms with Gasteiger partial charge in [-0.3, -0.25) is 4.79 Å². The average Bonchev–Trinajstić information content (AvgIpc) is 3.13. The summed E-state index contributed by atoms with van der Waals surface area (Å²) in [5.74, 6) is -0.679. The van der Waals surface area contributed by atoms with Crippen LogP contribution in [0.5, 0.6) is 11.5 Å². The van der Waals surface area contributed by atoms with Gasteiger partial charge in [0.15, 0.2) is 0 Å². The van der Waals surface area contributed by atoms with E-state index in [-0.39, 0.29) is 11.7 Å². The van der Waals surface area contributed by atoms with E-state index in [0.717, 1.165) is 24.0 Å². The minimum atomic E-state index is -0.642. The number of aromatic hydroxyl groups is 1. The van der Waals surface area contributed by atoms with E-state index in [4.69, 9.17) is 14.2 Å². The van der Waals surface area contributed by atoms with Gasteiger partial charge in [0, 0.05) is 11.6 Å². The Balaban J connectivity index is 1.89. The molecule has 2 aromatic rings. The highest BCUT2D eigenvalue weighted by molar-refractivity contribution is 5.87. The molecule has 3 rings (SSSR count). The first-order valence-electron chi connectivity index (χ1n) is 10.1. The van der Waals surface area contributed by atoms with Crippen molar-refractivity contribution >= 4 is 18.0 Å². The Labute approximate surface area is 176 Å². The molecule has 1 heterocycles. The lowest BCUT2D eigenvalue weighted by Crippen LogP contribution is -2.21. The van der Waals surface area contributed by atoms with E-state index in [2.05, 4.69) is 0 Å². The topological polar surface area (TPSA) is 82.1 Å². The first kappa shape index (κ1) is 21.4. The number of esters is 2. The summed E-state index contributed by atoms with van der Waals surface area (Å²) in [6, 6.07) is 12.0. The molecule has 30 heavy (non-hydrogen) atoms. The number of phenols is 1. The molecule has 158 valence electrons. The molecular formula is C24H26O6. The van der Waals surface area contributed by atoms with Crippen molar-refractivity contribution in [2.75, 3.05) is 13.2 Å². The molecule has 0 saturated heterocycles. The number of hydrogen-bond donors (Lipinski definition) is 1. The molecule has 2 aromatic carbocycles. The fraction of sp³-hybridized carbons (Fsp3) is 0.333. The van der Waals surface area contributed by atoms with Gasteiger partial charge in [0.25, 0.3) is 0 Å². The quantitative estimate of drug-likeness (QED) is 0.509. The third-order valence-corrected chi connectivity index (χ3v) is 4.71. The minimum Gasteiger partial charge on any atom is -0.508 e. The predicted molar refractivity (Wildman–Crippen MR) is 112 cm³/mol. The molecule has 0 bridgehead atoms. The number of carbonyl (C=O) groups is 2. The van der Waals surface area contributed by atoms with E-state index in [1.807, 2.05) is 26.0 Å². The summed E-state index contributed by atoms with van der Waals surface area (Å²) >= 11 is 0. The Morgan fingerprint density at radius 2 is 1.73 bits per heavy atom. The van der Waals surface area contributed by atoms with Gasteiger partial charge in [-0.25, -0.2) is 4.79 Å². The maximum atomic E-state index is 12.9. The van der Waals surface area contributed by atoms with Crippen LogP contribution in [0.2, 0.25) is 0 Å². The van der Waals surface area contributed by atoms with Crippen LogP contribution in [-0.2, 0) is 19.1 Å². The first-order chi connectivity index (χ1) is 14.5. The van der Waals surface area contributed by atoms with E-state index in [1.54, 1.807) is 36.4 Å². The number of benzene rings is 2. The molecule has 0 amide bonds. The van der Waals surface area contributed by atoms with Gasteiger partial charge in [0.2, 0.25) is 0 Å². The predicted octanol–water partition coefficient (Wildman–Crippen LogP) is 4.53. The van der Waals surface area contributed by atoms with Crippen molar-refractivity contribution in [1.82, 2.24) is 0 Å². The minimum absolute atomic E-state index is 0.141. The SMILES string of the molecule is CCCOC(=O)/C=C/c1ccc2c(c1)[C@@H](C(=O)OCCC)[C@H](c1ccc(O)cc1)O2. The van der Waals surface area contributed by atoms with Gasteiger partial charge in [-0.1, -0.05) is 32.0 Å². The second-order valence-electron chi connectivity index (χ2n) is 7.07. The lowest BCUT2D eigenvalue weighted by molar-refractivity contribution is -0.147. The Morgan fingerprint density at radius 3 is 2.43 bits per heavy atom. The van der Waals surface area contributed by atoms with Gasteiger partial charge >= 0.3 is 11.9 Å². The number of fused-ring (bicyclic) bond motifs is 1. The summed E-state index contributed by atoms with van der Waals surface area (Å²) in [7, 11) is 0. The van der Waals surface area contributed by atoms with E-state index in [1.165, 1.54) is 6.08 Å². The summed E-state index contributed by atoms with van der Waals surface area (Å²) < 4.78 is 16.6. The maximum Gasteiger partial charge on any atom is 0.330 e. The van der Waals surface area contributed by atoms with Crippen LogP contribution in [0.15, 0.2) is 48.5 Å². The van der Waals surface area contributed by atoms with E-state index in [9.17, 15) is 14.7 Å². The standard InChI is InChI=1S/C24H26O6/c1-3-13-28-21(26)12-6-16-5-11-20-19(15-16)22(24(27)29-14-4-2)23(30-20)17-7-9-18(25)10-8-17/h5-12,15,22-23,25H,3-4,13-14H2,1-2H3/b12-6+/t22-,23+/m1/s1. The van der Waals surface area contributed by atoms with Crippen LogP contribution in [0.1, 0.15) is 55.4 Å². The summed E-state index contributed by atoms with van der Waals surface area (Å²) in [6.45, 7) is 4.57. The van der Waals surface area contributed by atoms with E-state index in [0.29, 0.717) is 24.5 Å². The van der Waals surface area contributed by atoms with Gasteiger partial charge in [0.1, 0.15) is 23.5 Å². The third kappa shape index (κ3) is 5.00. The molecule has 2 atom stereocenters. The summed E-state index contributed by atoms with van der Waals surface area (Å²) in [5, 5.41) is 9.58. The third-order valence-electron chi connectivity index (χ3n) is 4.71. The van der Waals surface area contributed by atoms with Gasteiger partial charge in [-0.05, 0) is 54.3 Å². The zero-order valence-electron chi connectivity index (χ0n) is 17.2. The molecule has 0 saturated carbocycles. The molecule has 0 unspecified atom stereocenters. The zero-order valence-corrected chi connectivity index (χ0v) is 17.2. The van der Waals surface area contributed by atoms with Crippen molar-refractivity contribution in [3.8, 4) is 11.5 Å². The number of phenolic OH excluding ortho intramolecular Hbond substituents is 1. The molecule has 6 heteroatoms. The maximum absolute atomic E-state index is 12.9. The largest absolute Gasteiger partial charge is 0.508 e. The Kier molecular flexibility index (Phi) is 7.12. The molecule has 0 fully saturated rings. The highest BCUT2D eigenvalue weighted by Gasteiger charge is 2.41. The van der Waals surface area contributed by atoms with Crippen molar-refractivity contribution in [2.45, 2.75) is 38.7 Å². The lowest BCUT2D eigenvalue weighted by atomic mass is 9.90. The fourth-order valence-corrected chi connectivity index (χ4v) is 3.27. The molecule has 1 aliphatic heterocycles. The Morgan fingerprint density at radius 1 is 1.03 bits per heavy atom. The Bertz CT molecular complexity index is 916. The van der Waals surface area contributed by atoms with Gasteiger partial charge in [-0.15, -0.1) is 0 Å². The number of rotatable bonds is 8. The van der Waals surface area contributed by atoms with E-state index < -0.39 is 18.0 Å². The first-order valence-corrected chi connectivity index (χ1v) is 10.1.